The van der Waals surface area contributed by atoms with E-state index in [2.05, 4.69) is 4.98 Å². The van der Waals surface area contributed by atoms with Crippen molar-refractivity contribution >= 4 is 27.2 Å². The van der Waals surface area contributed by atoms with E-state index in [-0.39, 0.29) is 28.2 Å². The zero-order chi connectivity index (χ0) is 15.5. The molecule has 0 aliphatic carbocycles. The van der Waals surface area contributed by atoms with Gasteiger partial charge in [-0.2, -0.15) is 4.31 Å². The molecule has 1 aliphatic rings. The number of nitrogens with zero attached hydrogens (tertiary/aromatic N) is 2. The Labute approximate surface area is 130 Å². The number of thiocarbonyl (C=S) groups is 1. The maximum absolute atomic E-state index is 12.8. The molecule has 0 amide bonds. The minimum absolute atomic E-state index is 0.0275. The van der Waals surface area contributed by atoms with Crippen LogP contribution in [0.3, 0.4) is 0 Å². The minimum atomic E-state index is -3.67. The Morgan fingerprint density at radius 3 is 3.00 bits per heavy atom. The van der Waals surface area contributed by atoms with Gasteiger partial charge >= 0.3 is 0 Å². The van der Waals surface area contributed by atoms with E-state index in [1.165, 1.54) is 16.6 Å². The molecule has 6 nitrogen and oxygen atoms in total. The topological polar surface area (TPSA) is 96.5 Å². The van der Waals surface area contributed by atoms with E-state index in [0.717, 1.165) is 12.8 Å². The molecule has 8 heteroatoms. The van der Waals surface area contributed by atoms with Gasteiger partial charge in [-0.15, -0.1) is 0 Å². The molecular formula is C13H19N3O3S2. The van der Waals surface area contributed by atoms with Crippen molar-refractivity contribution < 1.29 is 13.5 Å². The highest BCUT2D eigenvalue weighted by Crippen LogP contribution is 2.29. The van der Waals surface area contributed by atoms with Crippen LogP contribution in [0, 0.1) is 0 Å². The smallest absolute Gasteiger partial charge is 0.245 e. The lowest BCUT2D eigenvalue weighted by Crippen LogP contribution is -2.36. The third kappa shape index (κ3) is 3.39. The van der Waals surface area contributed by atoms with Crippen molar-refractivity contribution in [3.63, 3.8) is 0 Å². The van der Waals surface area contributed by atoms with Crippen molar-refractivity contribution in [3.8, 4) is 0 Å². The number of rotatable bonds is 6. The Morgan fingerprint density at radius 2 is 2.33 bits per heavy atom. The quantitative estimate of drug-likeness (QED) is 0.744. The Balaban J connectivity index is 2.36. The third-order valence-corrected chi connectivity index (χ3v) is 5.79. The van der Waals surface area contributed by atoms with Gasteiger partial charge in [0.05, 0.1) is 0 Å². The van der Waals surface area contributed by atoms with E-state index in [4.69, 9.17) is 23.1 Å². The summed E-state index contributed by atoms with van der Waals surface area (Å²) >= 11 is 4.89. The first kappa shape index (κ1) is 16.3. The van der Waals surface area contributed by atoms with Crippen LogP contribution in [0.25, 0.3) is 0 Å². The second-order valence-electron chi connectivity index (χ2n) is 4.99. The summed E-state index contributed by atoms with van der Waals surface area (Å²) in [7, 11) is -3.67. The monoisotopic (exact) mass is 329 g/mol. The Morgan fingerprint density at radius 1 is 1.57 bits per heavy atom. The number of hydrogen-bond acceptors (Lipinski definition) is 5. The molecule has 1 atom stereocenters. The number of aliphatic hydroxyl groups is 1. The van der Waals surface area contributed by atoms with Crippen LogP contribution in [0.15, 0.2) is 23.2 Å². The molecule has 3 N–H and O–H groups in total. The van der Waals surface area contributed by atoms with Crippen molar-refractivity contribution in [1.82, 2.24) is 9.29 Å². The molecule has 21 heavy (non-hydrogen) atoms. The predicted octanol–water partition coefficient (Wildman–Crippen LogP) is 0.641. The predicted molar refractivity (Wildman–Crippen MR) is 83.4 cm³/mol. The van der Waals surface area contributed by atoms with Gasteiger partial charge in [-0.3, -0.25) is 4.98 Å². The van der Waals surface area contributed by atoms with Crippen molar-refractivity contribution in [2.75, 3.05) is 13.2 Å². The summed E-state index contributed by atoms with van der Waals surface area (Å²) in [5, 5.41) is 8.94. The lowest BCUT2D eigenvalue weighted by atomic mass is 10.1. The highest BCUT2D eigenvalue weighted by molar-refractivity contribution is 7.89. The first-order valence-electron chi connectivity index (χ1n) is 6.86. The van der Waals surface area contributed by atoms with Crippen LogP contribution < -0.4 is 5.73 Å². The van der Waals surface area contributed by atoms with Gasteiger partial charge in [0, 0.05) is 25.4 Å². The summed E-state index contributed by atoms with van der Waals surface area (Å²) in [6, 6.07) is 2.97. The van der Waals surface area contributed by atoms with Crippen LogP contribution in [0.4, 0.5) is 0 Å². The zero-order valence-electron chi connectivity index (χ0n) is 11.6. The van der Waals surface area contributed by atoms with E-state index in [9.17, 15) is 8.42 Å². The fourth-order valence-electron chi connectivity index (χ4n) is 2.65. The second kappa shape index (κ2) is 6.78. The van der Waals surface area contributed by atoms with Crippen LogP contribution in [-0.4, -0.2) is 47.0 Å². The molecule has 0 radical (unpaired) electrons. The van der Waals surface area contributed by atoms with Gasteiger partial charge in [-0.25, -0.2) is 8.42 Å². The molecule has 1 unspecified atom stereocenters. The zero-order valence-corrected chi connectivity index (χ0v) is 13.2. The van der Waals surface area contributed by atoms with Crippen LogP contribution in [0.1, 0.15) is 31.4 Å². The van der Waals surface area contributed by atoms with E-state index < -0.39 is 10.0 Å². The van der Waals surface area contributed by atoms with Gasteiger partial charge < -0.3 is 10.8 Å². The number of aliphatic hydroxyl groups excluding tert-OH is 1. The van der Waals surface area contributed by atoms with Gasteiger partial charge in [-0.05, 0) is 37.8 Å². The Kier molecular flexibility index (Phi) is 5.26. The minimum Gasteiger partial charge on any atom is -0.396 e. The largest absolute Gasteiger partial charge is 0.396 e. The maximum Gasteiger partial charge on any atom is 0.245 e. The van der Waals surface area contributed by atoms with Crippen LogP contribution >= 0.6 is 12.2 Å². The Bertz CT molecular complexity index is 619. The third-order valence-electron chi connectivity index (χ3n) is 3.61. The summed E-state index contributed by atoms with van der Waals surface area (Å²) in [6.07, 6.45) is 4.34. The second-order valence-corrected chi connectivity index (χ2v) is 7.29. The molecular weight excluding hydrogens is 310 g/mol. The average molecular weight is 329 g/mol. The molecule has 0 bridgehead atoms. The van der Waals surface area contributed by atoms with Gasteiger partial charge in [0.15, 0.2) is 0 Å². The van der Waals surface area contributed by atoms with E-state index in [0.29, 0.717) is 19.4 Å². The summed E-state index contributed by atoms with van der Waals surface area (Å²) in [5.41, 5.74) is 5.72. The molecule has 1 fully saturated rings. The molecule has 1 aliphatic heterocycles. The highest BCUT2D eigenvalue weighted by Gasteiger charge is 2.36. The normalized spacial score (nSPS) is 19.8. The number of sulfonamides is 1. The number of nitrogens with two attached hydrogens (primary N) is 1. The Hall–Kier alpha value is -1.09. The summed E-state index contributed by atoms with van der Waals surface area (Å²) < 4.78 is 27.2. The van der Waals surface area contributed by atoms with E-state index >= 15 is 0 Å². The molecule has 1 aromatic heterocycles. The highest BCUT2D eigenvalue weighted by atomic mass is 32.2. The summed E-state index contributed by atoms with van der Waals surface area (Å²) in [6.45, 7) is 0.541. The molecule has 2 heterocycles. The first-order chi connectivity index (χ1) is 9.98. The summed E-state index contributed by atoms with van der Waals surface area (Å²) in [5.74, 6) is 0. The van der Waals surface area contributed by atoms with Crippen molar-refractivity contribution in [2.45, 2.75) is 36.6 Å². The fraction of sp³-hybridized carbons (Fsp3) is 0.538. The summed E-state index contributed by atoms with van der Waals surface area (Å²) in [4.78, 5) is 4.03. The lowest BCUT2D eigenvalue weighted by molar-refractivity contribution is 0.264. The average Bonchev–Trinajstić information content (AvgIpc) is 2.94. The van der Waals surface area contributed by atoms with E-state index in [1.807, 2.05) is 0 Å². The van der Waals surface area contributed by atoms with Gasteiger partial charge in [0.1, 0.15) is 15.6 Å². The molecule has 0 spiro atoms. The molecule has 116 valence electrons. The molecule has 0 saturated carbocycles. The van der Waals surface area contributed by atoms with Crippen LogP contribution in [-0.2, 0) is 10.0 Å². The molecule has 0 aromatic carbocycles. The first-order valence-corrected chi connectivity index (χ1v) is 8.71. The molecule has 2 rings (SSSR count). The lowest BCUT2D eigenvalue weighted by Gasteiger charge is -2.24. The number of pyridine rings is 1. The van der Waals surface area contributed by atoms with Crippen LogP contribution in [0.5, 0.6) is 0 Å². The number of aromatic nitrogens is 1. The SMILES string of the molecule is NC(=S)c1ncccc1S(=O)(=O)N1CCCC1CCCO. The van der Waals surface area contributed by atoms with Crippen LogP contribution in [0.2, 0.25) is 0 Å². The molecule has 1 saturated heterocycles. The van der Waals surface area contributed by atoms with Crippen molar-refractivity contribution in [3.05, 3.63) is 24.0 Å². The maximum atomic E-state index is 12.8. The van der Waals surface area contributed by atoms with Gasteiger partial charge in [-0.1, -0.05) is 12.2 Å². The van der Waals surface area contributed by atoms with Gasteiger partial charge in [0.2, 0.25) is 10.0 Å². The molecule has 1 aromatic rings. The number of hydrogen-bond donors (Lipinski definition) is 2. The standard InChI is InChI=1S/C13H19N3O3S2/c14-13(20)12-11(6-1-7-15-12)21(18,19)16-8-2-4-10(16)5-3-9-17/h1,6-7,10,17H,2-5,8-9H2,(H2,14,20). The van der Waals surface area contributed by atoms with Crippen molar-refractivity contribution in [1.29, 1.82) is 0 Å². The van der Waals surface area contributed by atoms with Gasteiger partial charge in [0.25, 0.3) is 0 Å². The fourth-order valence-corrected chi connectivity index (χ4v) is 4.76. The van der Waals surface area contributed by atoms with E-state index in [1.54, 1.807) is 6.07 Å². The van der Waals surface area contributed by atoms with Crippen molar-refractivity contribution in [2.24, 2.45) is 5.73 Å².